The Labute approximate surface area is 180 Å². The molecule has 0 amide bonds. The molecule has 0 spiro atoms. The van der Waals surface area contributed by atoms with Crippen LogP contribution in [0.4, 0.5) is 17.6 Å². The number of nitrogens with one attached hydrogen (secondary N) is 1. The standard InChI is InChI=1S/C22H18F4N4O2/c1-31-19-8-16(32-12-15-4-3-14(10-27-15)22(24,25)26)5-6-17(19)18-11-29-21(30-18)13-2-7-20(23)28-9-13/h2-11,17,19H,12H2,1H3,(H,29,30). The second kappa shape index (κ2) is 8.91. The van der Waals surface area contributed by atoms with Gasteiger partial charge in [0.1, 0.15) is 18.2 Å². The molecule has 6 nitrogen and oxygen atoms in total. The monoisotopic (exact) mass is 446 g/mol. The van der Waals surface area contributed by atoms with E-state index in [-0.39, 0.29) is 18.6 Å². The second-order valence-electron chi connectivity index (χ2n) is 7.02. The number of imidazole rings is 1. The summed E-state index contributed by atoms with van der Waals surface area (Å²) in [6.07, 6.45) is 4.49. The molecule has 0 aromatic carbocycles. The molecule has 1 aliphatic carbocycles. The number of hydrogen-bond acceptors (Lipinski definition) is 5. The van der Waals surface area contributed by atoms with E-state index in [0.717, 1.165) is 12.3 Å². The van der Waals surface area contributed by atoms with Gasteiger partial charge in [-0.05, 0) is 36.4 Å². The van der Waals surface area contributed by atoms with E-state index in [9.17, 15) is 17.6 Å². The number of methoxy groups -OCH3 is 1. The Balaban J connectivity index is 1.42. The number of ether oxygens (including phenoxy) is 2. The zero-order valence-electron chi connectivity index (χ0n) is 16.8. The number of halogens is 4. The summed E-state index contributed by atoms with van der Waals surface area (Å²) in [5, 5.41) is 0. The van der Waals surface area contributed by atoms with E-state index in [1.807, 2.05) is 6.08 Å². The fraction of sp³-hybridized carbons (Fsp3) is 0.227. The van der Waals surface area contributed by atoms with Gasteiger partial charge < -0.3 is 14.5 Å². The summed E-state index contributed by atoms with van der Waals surface area (Å²) in [6.45, 7) is 0.0134. The molecule has 1 N–H and O–H groups in total. The molecule has 0 bridgehead atoms. The number of aromatic amines is 1. The molecule has 3 heterocycles. The van der Waals surface area contributed by atoms with E-state index in [4.69, 9.17) is 9.47 Å². The first kappa shape index (κ1) is 21.7. The minimum Gasteiger partial charge on any atom is -0.488 e. The van der Waals surface area contributed by atoms with Gasteiger partial charge in [-0.2, -0.15) is 17.6 Å². The smallest absolute Gasteiger partial charge is 0.417 e. The van der Waals surface area contributed by atoms with Gasteiger partial charge in [-0.3, -0.25) is 4.98 Å². The maximum Gasteiger partial charge on any atom is 0.417 e. The van der Waals surface area contributed by atoms with Crippen LogP contribution in [-0.4, -0.2) is 33.1 Å². The summed E-state index contributed by atoms with van der Waals surface area (Å²) >= 11 is 0. The van der Waals surface area contributed by atoms with E-state index < -0.39 is 17.7 Å². The Kier molecular flexibility index (Phi) is 6.04. The van der Waals surface area contributed by atoms with E-state index >= 15 is 0 Å². The molecule has 2 unspecified atom stereocenters. The molecule has 3 aromatic heterocycles. The third-order valence-corrected chi connectivity index (χ3v) is 4.90. The van der Waals surface area contributed by atoms with E-state index in [2.05, 4.69) is 19.9 Å². The lowest BCUT2D eigenvalue weighted by Gasteiger charge is -2.23. The third kappa shape index (κ3) is 4.86. The van der Waals surface area contributed by atoms with Crippen LogP contribution in [0.2, 0.25) is 0 Å². The van der Waals surface area contributed by atoms with Gasteiger partial charge in [-0.15, -0.1) is 0 Å². The number of rotatable bonds is 6. The Morgan fingerprint density at radius 3 is 2.59 bits per heavy atom. The minimum absolute atomic E-state index is 0.0134. The van der Waals surface area contributed by atoms with Crippen LogP contribution in [0.25, 0.3) is 11.4 Å². The van der Waals surface area contributed by atoms with Gasteiger partial charge >= 0.3 is 6.18 Å². The first-order valence-electron chi connectivity index (χ1n) is 9.58. The van der Waals surface area contributed by atoms with Gasteiger partial charge in [0.25, 0.3) is 0 Å². The van der Waals surface area contributed by atoms with Crippen LogP contribution in [0, 0.1) is 5.95 Å². The van der Waals surface area contributed by atoms with Crippen LogP contribution in [0.1, 0.15) is 22.9 Å². The predicted molar refractivity (Wildman–Crippen MR) is 107 cm³/mol. The van der Waals surface area contributed by atoms with Crippen molar-refractivity contribution in [2.75, 3.05) is 7.11 Å². The normalized spacial score (nSPS) is 18.5. The van der Waals surface area contributed by atoms with Gasteiger partial charge in [0.2, 0.25) is 5.95 Å². The Morgan fingerprint density at radius 2 is 1.94 bits per heavy atom. The average molecular weight is 446 g/mol. The number of hydrogen-bond donors (Lipinski definition) is 1. The van der Waals surface area contributed by atoms with Crippen LogP contribution in [-0.2, 0) is 22.3 Å². The first-order chi connectivity index (χ1) is 15.3. The highest BCUT2D eigenvalue weighted by Gasteiger charge is 2.30. The van der Waals surface area contributed by atoms with Crippen LogP contribution in [0.3, 0.4) is 0 Å². The van der Waals surface area contributed by atoms with Crippen LogP contribution in [0.5, 0.6) is 0 Å². The quantitative estimate of drug-likeness (QED) is 0.435. The van der Waals surface area contributed by atoms with Crippen LogP contribution >= 0.6 is 0 Å². The summed E-state index contributed by atoms with van der Waals surface area (Å²) in [4.78, 5) is 15.0. The first-order valence-corrected chi connectivity index (χ1v) is 9.58. The second-order valence-corrected chi connectivity index (χ2v) is 7.02. The highest BCUT2D eigenvalue weighted by Crippen LogP contribution is 2.31. The number of allylic oxidation sites excluding steroid dienone is 1. The molecule has 0 radical (unpaired) electrons. The number of nitrogens with zero attached hydrogens (tertiary/aromatic N) is 3. The molecule has 3 aromatic rings. The fourth-order valence-electron chi connectivity index (χ4n) is 3.21. The number of H-pyrrole nitrogens is 1. The van der Waals surface area contributed by atoms with Crippen molar-refractivity contribution in [3.05, 3.63) is 89.7 Å². The number of alkyl halides is 3. The van der Waals surface area contributed by atoms with E-state index in [1.165, 1.54) is 18.3 Å². The van der Waals surface area contributed by atoms with Crippen LogP contribution < -0.4 is 0 Å². The Hall–Kier alpha value is -3.53. The maximum atomic E-state index is 13.0. The third-order valence-electron chi connectivity index (χ3n) is 4.90. The molecule has 10 heteroatoms. The molecule has 166 valence electrons. The lowest BCUT2D eigenvalue weighted by molar-refractivity contribution is -0.137. The molecule has 0 saturated heterocycles. The Bertz CT molecular complexity index is 1120. The molecular formula is C22H18F4N4O2. The van der Waals surface area contributed by atoms with Crippen LogP contribution in [0.15, 0.2) is 66.8 Å². The summed E-state index contributed by atoms with van der Waals surface area (Å²) in [7, 11) is 1.56. The van der Waals surface area contributed by atoms with Crippen molar-refractivity contribution >= 4 is 0 Å². The largest absolute Gasteiger partial charge is 0.488 e. The summed E-state index contributed by atoms with van der Waals surface area (Å²) < 4.78 is 62.2. The van der Waals surface area contributed by atoms with Gasteiger partial charge in [-0.25, -0.2) is 9.97 Å². The highest BCUT2D eigenvalue weighted by molar-refractivity contribution is 5.53. The molecule has 4 rings (SSSR count). The van der Waals surface area contributed by atoms with Gasteiger partial charge in [-0.1, -0.05) is 6.08 Å². The van der Waals surface area contributed by atoms with Crippen molar-refractivity contribution in [1.82, 2.24) is 19.9 Å². The SMILES string of the molecule is COC1C=C(OCc2ccc(C(F)(F)F)cn2)C=CC1c1c[nH]c(-c2ccc(F)nc2)n1. The molecule has 0 saturated carbocycles. The number of pyridine rings is 2. The fourth-order valence-corrected chi connectivity index (χ4v) is 3.21. The van der Waals surface area contributed by atoms with Gasteiger partial charge in [0, 0.05) is 31.3 Å². The van der Waals surface area contributed by atoms with Crippen molar-refractivity contribution in [2.45, 2.75) is 24.8 Å². The predicted octanol–water partition coefficient (Wildman–Crippen LogP) is 4.79. The zero-order chi connectivity index (χ0) is 22.7. The van der Waals surface area contributed by atoms with Crippen molar-refractivity contribution in [3.8, 4) is 11.4 Å². The molecule has 1 aliphatic rings. The van der Waals surface area contributed by atoms with Crippen molar-refractivity contribution in [3.63, 3.8) is 0 Å². The minimum atomic E-state index is -4.43. The molecule has 0 fully saturated rings. The maximum absolute atomic E-state index is 13.0. The van der Waals surface area contributed by atoms with Crippen molar-refractivity contribution in [1.29, 1.82) is 0 Å². The molecular weight excluding hydrogens is 428 g/mol. The average Bonchev–Trinajstić information content (AvgIpc) is 3.27. The van der Waals surface area contributed by atoms with Gasteiger partial charge in [0.05, 0.1) is 29.0 Å². The van der Waals surface area contributed by atoms with Gasteiger partial charge in [0.15, 0.2) is 0 Å². The lowest BCUT2D eigenvalue weighted by atomic mass is 9.94. The highest BCUT2D eigenvalue weighted by atomic mass is 19.4. The van der Waals surface area contributed by atoms with Crippen molar-refractivity contribution in [2.24, 2.45) is 0 Å². The Morgan fingerprint density at radius 1 is 1.09 bits per heavy atom. The number of aromatic nitrogens is 4. The van der Waals surface area contributed by atoms with Crippen molar-refractivity contribution < 1.29 is 27.0 Å². The molecule has 2 atom stereocenters. The van der Waals surface area contributed by atoms with E-state index in [0.29, 0.717) is 28.5 Å². The molecule has 32 heavy (non-hydrogen) atoms. The summed E-state index contributed by atoms with van der Waals surface area (Å²) in [5.41, 5.74) is 0.922. The summed E-state index contributed by atoms with van der Waals surface area (Å²) in [5.74, 6) is 0.290. The molecule has 0 aliphatic heterocycles. The van der Waals surface area contributed by atoms with E-state index in [1.54, 1.807) is 31.5 Å². The topological polar surface area (TPSA) is 72.9 Å². The summed E-state index contributed by atoms with van der Waals surface area (Å²) in [6, 6.07) is 5.09. The zero-order valence-corrected chi connectivity index (χ0v) is 16.8. The lowest BCUT2D eigenvalue weighted by Crippen LogP contribution is -2.21.